The van der Waals surface area contributed by atoms with Gasteiger partial charge < -0.3 is 14.4 Å². The minimum absolute atomic E-state index is 0.0961. The molecule has 0 radical (unpaired) electrons. The molecule has 0 aliphatic carbocycles. The van der Waals surface area contributed by atoms with E-state index < -0.39 is 23.7 Å². The molecule has 0 aromatic heterocycles. The number of amides is 2. The third-order valence-corrected chi connectivity index (χ3v) is 7.35. The van der Waals surface area contributed by atoms with Crippen LogP contribution in [0.15, 0.2) is 77.9 Å². The minimum atomic E-state index is -0.647. The van der Waals surface area contributed by atoms with Crippen molar-refractivity contribution in [1.82, 2.24) is 14.8 Å². The Kier molecular flexibility index (Phi) is 9.01. The van der Waals surface area contributed by atoms with Crippen LogP contribution in [0.4, 0.5) is 8.78 Å². The number of morpholine rings is 1. The Hall–Kier alpha value is -4.15. The molecule has 1 atom stereocenters. The fourth-order valence-electron chi connectivity index (χ4n) is 5.02. The summed E-state index contributed by atoms with van der Waals surface area (Å²) in [4.78, 5) is 30.9. The first-order chi connectivity index (χ1) is 19.9. The first-order valence-corrected chi connectivity index (χ1v) is 13.6. The maximum Gasteiger partial charge on any atom is 0.262 e. The van der Waals surface area contributed by atoms with E-state index in [1.165, 1.54) is 40.2 Å². The summed E-state index contributed by atoms with van der Waals surface area (Å²) in [7, 11) is 1.58. The van der Waals surface area contributed by atoms with Gasteiger partial charge in [0, 0.05) is 32.6 Å². The third-order valence-electron chi connectivity index (χ3n) is 7.35. The molecular formula is C31H32F2N4O4. The highest BCUT2D eigenvalue weighted by atomic mass is 19.1. The molecule has 0 bridgehead atoms. The van der Waals surface area contributed by atoms with Gasteiger partial charge in [-0.3, -0.25) is 14.5 Å². The molecule has 1 saturated heterocycles. The highest BCUT2D eigenvalue weighted by molar-refractivity contribution is 6.04. The van der Waals surface area contributed by atoms with E-state index in [-0.39, 0.29) is 24.5 Å². The highest BCUT2D eigenvalue weighted by Gasteiger charge is 2.35. The Morgan fingerprint density at radius 2 is 1.71 bits per heavy atom. The summed E-state index contributed by atoms with van der Waals surface area (Å²) >= 11 is 0. The number of benzene rings is 3. The number of ether oxygens (including phenoxy) is 2. The van der Waals surface area contributed by atoms with Gasteiger partial charge in [0.05, 0.1) is 37.6 Å². The summed E-state index contributed by atoms with van der Waals surface area (Å²) in [6.45, 7) is 3.05. The number of methoxy groups -OCH3 is 1. The number of carbonyl (C=O) groups is 2. The molecule has 10 heteroatoms. The monoisotopic (exact) mass is 562 g/mol. The van der Waals surface area contributed by atoms with E-state index in [4.69, 9.17) is 9.47 Å². The average Bonchev–Trinajstić information content (AvgIpc) is 3.46. The molecule has 41 heavy (non-hydrogen) atoms. The molecule has 3 aromatic carbocycles. The van der Waals surface area contributed by atoms with Gasteiger partial charge in [-0.05, 0) is 59.7 Å². The molecule has 214 valence electrons. The van der Waals surface area contributed by atoms with Crippen LogP contribution in [0.3, 0.4) is 0 Å². The molecule has 2 aliphatic heterocycles. The summed E-state index contributed by atoms with van der Waals surface area (Å²) in [6, 6.07) is 18.6. The van der Waals surface area contributed by atoms with Crippen LogP contribution in [0.1, 0.15) is 33.9 Å². The SMILES string of the molecule is COc1ccc(C2=NN(C(=O)CN(CCN3CCOCC3)C(=O)c3ccccc3F)[C@H](c3ccc(F)cc3)C2)cc1. The van der Waals surface area contributed by atoms with Crippen LogP contribution in [-0.4, -0.2) is 85.4 Å². The molecule has 0 unspecified atom stereocenters. The molecule has 2 amide bonds. The molecule has 0 spiro atoms. The molecule has 5 rings (SSSR count). The van der Waals surface area contributed by atoms with Crippen LogP contribution in [0.5, 0.6) is 5.75 Å². The van der Waals surface area contributed by atoms with E-state index in [0.717, 1.165) is 5.56 Å². The van der Waals surface area contributed by atoms with E-state index in [2.05, 4.69) is 10.0 Å². The van der Waals surface area contributed by atoms with Crippen LogP contribution >= 0.6 is 0 Å². The van der Waals surface area contributed by atoms with Crippen molar-refractivity contribution in [3.8, 4) is 5.75 Å². The van der Waals surface area contributed by atoms with Crippen molar-refractivity contribution in [2.75, 3.05) is 53.0 Å². The fourth-order valence-corrected chi connectivity index (χ4v) is 5.02. The lowest BCUT2D eigenvalue weighted by Gasteiger charge is -2.31. The smallest absolute Gasteiger partial charge is 0.262 e. The predicted molar refractivity (Wildman–Crippen MR) is 150 cm³/mol. The summed E-state index contributed by atoms with van der Waals surface area (Å²) < 4.78 is 39.0. The van der Waals surface area contributed by atoms with Crippen LogP contribution in [-0.2, 0) is 9.53 Å². The lowest BCUT2D eigenvalue weighted by Crippen LogP contribution is -2.46. The maximum absolute atomic E-state index is 14.6. The van der Waals surface area contributed by atoms with E-state index in [9.17, 15) is 18.4 Å². The molecule has 0 N–H and O–H groups in total. The summed E-state index contributed by atoms with van der Waals surface area (Å²) in [5.41, 5.74) is 2.11. The van der Waals surface area contributed by atoms with Crippen molar-refractivity contribution in [2.24, 2.45) is 5.10 Å². The summed E-state index contributed by atoms with van der Waals surface area (Å²) in [5, 5.41) is 6.04. The number of nitrogens with zero attached hydrogens (tertiary/aromatic N) is 4. The Morgan fingerprint density at radius 3 is 2.39 bits per heavy atom. The molecule has 0 saturated carbocycles. The van der Waals surface area contributed by atoms with Crippen molar-refractivity contribution in [1.29, 1.82) is 0 Å². The first-order valence-electron chi connectivity index (χ1n) is 13.6. The number of halogens is 2. The molecule has 3 aromatic rings. The second-order valence-corrected chi connectivity index (χ2v) is 9.95. The van der Waals surface area contributed by atoms with Gasteiger partial charge in [-0.25, -0.2) is 13.8 Å². The number of carbonyl (C=O) groups excluding carboxylic acids is 2. The topological polar surface area (TPSA) is 74.7 Å². The van der Waals surface area contributed by atoms with Crippen molar-refractivity contribution < 1.29 is 27.8 Å². The normalized spacial score (nSPS) is 17.3. The van der Waals surface area contributed by atoms with Gasteiger partial charge in [-0.2, -0.15) is 5.10 Å². The van der Waals surface area contributed by atoms with E-state index in [1.807, 2.05) is 24.3 Å². The predicted octanol–water partition coefficient (Wildman–Crippen LogP) is 4.13. The highest BCUT2D eigenvalue weighted by Crippen LogP contribution is 2.33. The van der Waals surface area contributed by atoms with Gasteiger partial charge in [-0.1, -0.05) is 24.3 Å². The largest absolute Gasteiger partial charge is 0.497 e. The third kappa shape index (κ3) is 6.78. The van der Waals surface area contributed by atoms with Gasteiger partial charge >= 0.3 is 0 Å². The maximum atomic E-state index is 14.6. The molecule has 2 aliphatic rings. The number of rotatable bonds is 9. The number of hydrogen-bond acceptors (Lipinski definition) is 6. The average molecular weight is 563 g/mol. The fraction of sp³-hybridized carbons (Fsp3) is 0.323. The van der Waals surface area contributed by atoms with Gasteiger partial charge in [0.25, 0.3) is 11.8 Å². The van der Waals surface area contributed by atoms with Crippen molar-refractivity contribution in [3.63, 3.8) is 0 Å². The van der Waals surface area contributed by atoms with Crippen molar-refractivity contribution in [2.45, 2.75) is 12.5 Å². The van der Waals surface area contributed by atoms with E-state index in [1.54, 1.807) is 25.3 Å². The van der Waals surface area contributed by atoms with E-state index in [0.29, 0.717) is 56.3 Å². The zero-order valence-corrected chi connectivity index (χ0v) is 22.8. The van der Waals surface area contributed by atoms with Crippen molar-refractivity contribution in [3.05, 3.63) is 101 Å². The van der Waals surface area contributed by atoms with Crippen LogP contribution in [0, 0.1) is 11.6 Å². The zero-order chi connectivity index (χ0) is 28.8. The number of hydrazone groups is 1. The van der Waals surface area contributed by atoms with Crippen LogP contribution in [0.25, 0.3) is 0 Å². The van der Waals surface area contributed by atoms with Gasteiger partial charge in [-0.15, -0.1) is 0 Å². The molecule has 1 fully saturated rings. The second kappa shape index (κ2) is 13.0. The summed E-state index contributed by atoms with van der Waals surface area (Å²) in [6.07, 6.45) is 0.402. The second-order valence-electron chi connectivity index (χ2n) is 9.95. The lowest BCUT2D eigenvalue weighted by molar-refractivity contribution is -0.133. The first kappa shape index (κ1) is 28.4. The zero-order valence-electron chi connectivity index (χ0n) is 22.8. The lowest BCUT2D eigenvalue weighted by atomic mass is 9.98. The molecule has 8 nitrogen and oxygen atoms in total. The number of hydrogen-bond donors (Lipinski definition) is 0. The van der Waals surface area contributed by atoms with Gasteiger partial charge in [0.2, 0.25) is 0 Å². The minimum Gasteiger partial charge on any atom is -0.497 e. The molecule has 2 heterocycles. The van der Waals surface area contributed by atoms with Crippen LogP contribution < -0.4 is 4.74 Å². The van der Waals surface area contributed by atoms with Gasteiger partial charge in [0.1, 0.15) is 23.9 Å². The Balaban J connectivity index is 1.42. The summed E-state index contributed by atoms with van der Waals surface area (Å²) in [5.74, 6) is -1.33. The van der Waals surface area contributed by atoms with Gasteiger partial charge in [0.15, 0.2) is 0 Å². The van der Waals surface area contributed by atoms with Crippen LogP contribution in [0.2, 0.25) is 0 Å². The Labute approximate surface area is 237 Å². The Morgan fingerprint density at radius 1 is 1.00 bits per heavy atom. The molecular weight excluding hydrogens is 530 g/mol. The quantitative estimate of drug-likeness (QED) is 0.392. The Bertz CT molecular complexity index is 1390. The van der Waals surface area contributed by atoms with E-state index >= 15 is 0 Å². The standard InChI is InChI=1S/C31H32F2N4O4/c1-40-25-12-8-22(9-13-25)28-20-29(23-6-10-24(32)11-7-23)37(34-28)30(38)21-36(15-14-35-16-18-41-19-17-35)31(39)26-4-2-3-5-27(26)33/h2-13,29H,14-21H2,1H3/t29-/m0/s1. The van der Waals surface area contributed by atoms with Crippen molar-refractivity contribution >= 4 is 17.5 Å².